The lowest BCUT2D eigenvalue weighted by Gasteiger charge is -2.27. The first-order valence-corrected chi connectivity index (χ1v) is 10.6. The maximum absolute atomic E-state index is 12.8. The Kier molecular flexibility index (Phi) is 5.28. The lowest BCUT2D eigenvalue weighted by Crippen LogP contribution is -2.32. The Bertz CT molecular complexity index is 1080. The largest absolute Gasteiger partial charge is 0.326 e. The second-order valence-corrected chi connectivity index (χ2v) is 8.38. The molecule has 1 saturated heterocycles. The molecule has 0 spiro atoms. The highest BCUT2D eigenvalue weighted by molar-refractivity contribution is 7.99. The molecule has 2 N–H and O–H groups in total. The smallest absolute Gasteiger partial charge is 0.322 e. The molecule has 1 aliphatic rings. The van der Waals surface area contributed by atoms with Gasteiger partial charge in [-0.2, -0.15) is 11.8 Å². The van der Waals surface area contributed by atoms with E-state index >= 15 is 0 Å². The maximum atomic E-state index is 12.8. The van der Waals surface area contributed by atoms with Crippen LogP contribution in [0, 0.1) is 6.92 Å². The molecule has 146 valence electrons. The topological polar surface area (TPSA) is 70.1 Å². The number of anilines is 1. The summed E-state index contributed by atoms with van der Waals surface area (Å²) in [5, 5.41) is 3.04. The van der Waals surface area contributed by atoms with E-state index in [1.807, 2.05) is 23.9 Å². The second kappa shape index (κ2) is 7.85. The summed E-state index contributed by atoms with van der Waals surface area (Å²) in [7, 11) is 1.69. The van der Waals surface area contributed by atoms with Crippen molar-refractivity contribution in [3.63, 3.8) is 0 Å². The molecule has 1 amide bonds. The number of hydrogen-bond donors (Lipinski definition) is 2. The van der Waals surface area contributed by atoms with E-state index in [-0.39, 0.29) is 11.6 Å². The minimum Gasteiger partial charge on any atom is -0.322 e. The van der Waals surface area contributed by atoms with Crippen LogP contribution in [0.25, 0.3) is 11.0 Å². The SMILES string of the molecule is Cc1c(CN2CCSCC2)cccc1NC(=O)c1ccc2[nH]c(=O)n(C)c2c1. The number of carbonyl (C=O) groups excluding carboxylic acids is 1. The number of imidazole rings is 1. The van der Waals surface area contributed by atoms with Gasteiger partial charge in [-0.15, -0.1) is 0 Å². The van der Waals surface area contributed by atoms with Crippen molar-refractivity contribution in [1.82, 2.24) is 14.5 Å². The van der Waals surface area contributed by atoms with Crippen LogP contribution in [0.3, 0.4) is 0 Å². The zero-order chi connectivity index (χ0) is 19.7. The third kappa shape index (κ3) is 3.72. The molecule has 0 saturated carbocycles. The van der Waals surface area contributed by atoms with Gasteiger partial charge in [0, 0.05) is 49.4 Å². The van der Waals surface area contributed by atoms with Gasteiger partial charge in [-0.1, -0.05) is 12.1 Å². The molecule has 0 atom stereocenters. The third-order valence-corrected chi connectivity index (χ3v) is 6.30. The number of aryl methyl sites for hydroxylation is 1. The van der Waals surface area contributed by atoms with Gasteiger partial charge in [0.15, 0.2) is 0 Å². The van der Waals surface area contributed by atoms with Crippen LogP contribution >= 0.6 is 11.8 Å². The summed E-state index contributed by atoms with van der Waals surface area (Å²) in [6, 6.07) is 11.3. The number of H-pyrrole nitrogens is 1. The fourth-order valence-corrected chi connectivity index (χ4v) is 4.53. The van der Waals surface area contributed by atoms with E-state index in [1.165, 1.54) is 21.6 Å². The first-order valence-electron chi connectivity index (χ1n) is 9.41. The fourth-order valence-electron chi connectivity index (χ4n) is 3.55. The highest BCUT2D eigenvalue weighted by Gasteiger charge is 2.15. The monoisotopic (exact) mass is 396 g/mol. The molecule has 3 aromatic rings. The quantitative estimate of drug-likeness (QED) is 0.711. The summed E-state index contributed by atoms with van der Waals surface area (Å²) in [4.78, 5) is 29.8. The van der Waals surface area contributed by atoms with Crippen molar-refractivity contribution in [2.45, 2.75) is 13.5 Å². The summed E-state index contributed by atoms with van der Waals surface area (Å²) in [5.74, 6) is 2.18. The summed E-state index contributed by atoms with van der Waals surface area (Å²) in [6.07, 6.45) is 0. The van der Waals surface area contributed by atoms with Gasteiger partial charge < -0.3 is 10.3 Å². The highest BCUT2D eigenvalue weighted by Crippen LogP contribution is 2.23. The van der Waals surface area contributed by atoms with Crippen molar-refractivity contribution in [3.05, 3.63) is 63.6 Å². The molecule has 0 unspecified atom stereocenters. The van der Waals surface area contributed by atoms with Crippen molar-refractivity contribution in [2.75, 3.05) is 29.9 Å². The van der Waals surface area contributed by atoms with Crippen LogP contribution in [0.1, 0.15) is 21.5 Å². The molecule has 0 bridgehead atoms. The normalized spacial score (nSPS) is 15.1. The Morgan fingerprint density at radius 1 is 1.21 bits per heavy atom. The second-order valence-electron chi connectivity index (χ2n) is 7.15. The third-order valence-electron chi connectivity index (χ3n) is 5.36. The van der Waals surface area contributed by atoms with Crippen LogP contribution in [0.4, 0.5) is 5.69 Å². The number of rotatable bonds is 4. The number of benzene rings is 2. The lowest BCUT2D eigenvalue weighted by atomic mass is 10.1. The van der Waals surface area contributed by atoms with Crippen LogP contribution in [0.15, 0.2) is 41.2 Å². The number of aromatic nitrogens is 2. The number of carbonyl (C=O) groups is 1. The van der Waals surface area contributed by atoms with Crippen molar-refractivity contribution in [2.24, 2.45) is 7.05 Å². The van der Waals surface area contributed by atoms with Gasteiger partial charge in [0.05, 0.1) is 11.0 Å². The fraction of sp³-hybridized carbons (Fsp3) is 0.333. The molecule has 6 nitrogen and oxygen atoms in total. The lowest BCUT2D eigenvalue weighted by molar-refractivity contribution is 0.102. The van der Waals surface area contributed by atoms with Gasteiger partial charge in [-0.3, -0.25) is 14.3 Å². The summed E-state index contributed by atoms with van der Waals surface area (Å²) < 4.78 is 1.51. The average molecular weight is 397 g/mol. The number of aromatic amines is 1. The van der Waals surface area contributed by atoms with Crippen LogP contribution in [-0.4, -0.2) is 45.0 Å². The maximum Gasteiger partial charge on any atom is 0.326 e. The molecular weight excluding hydrogens is 372 g/mol. The standard InChI is InChI=1S/C21H24N4O2S/c1-14-16(13-25-8-10-28-11-9-25)4-3-5-17(14)22-20(26)15-6-7-18-19(12-15)24(2)21(27)23-18/h3-7,12H,8-11,13H2,1-2H3,(H,22,26)(H,23,27). The molecule has 0 aliphatic carbocycles. The van der Waals surface area contributed by atoms with Crippen LogP contribution < -0.4 is 11.0 Å². The predicted molar refractivity (Wildman–Crippen MR) is 115 cm³/mol. The van der Waals surface area contributed by atoms with Crippen molar-refractivity contribution >= 4 is 34.4 Å². The molecule has 4 rings (SSSR count). The Hall–Kier alpha value is -2.51. The van der Waals surface area contributed by atoms with Crippen molar-refractivity contribution < 1.29 is 4.79 Å². The molecule has 28 heavy (non-hydrogen) atoms. The average Bonchev–Trinajstić information content (AvgIpc) is 2.99. The van der Waals surface area contributed by atoms with E-state index in [0.29, 0.717) is 11.1 Å². The number of nitrogens with zero attached hydrogens (tertiary/aromatic N) is 2. The first-order chi connectivity index (χ1) is 13.5. The summed E-state index contributed by atoms with van der Waals surface area (Å²) in [5.41, 5.74) is 4.95. The van der Waals surface area contributed by atoms with Gasteiger partial charge >= 0.3 is 5.69 Å². The first kappa shape index (κ1) is 18.8. The van der Waals surface area contributed by atoms with E-state index in [2.05, 4.69) is 28.2 Å². The Balaban J connectivity index is 1.55. The van der Waals surface area contributed by atoms with Crippen LogP contribution in [0.2, 0.25) is 0 Å². The molecule has 0 radical (unpaired) electrons. The van der Waals surface area contributed by atoms with Gasteiger partial charge in [0.25, 0.3) is 5.91 Å². The minimum atomic E-state index is -0.188. The van der Waals surface area contributed by atoms with E-state index < -0.39 is 0 Å². The summed E-state index contributed by atoms with van der Waals surface area (Å²) >= 11 is 2.00. The molecule has 2 aromatic carbocycles. The molecule has 1 fully saturated rings. The molecule has 1 aliphatic heterocycles. The number of fused-ring (bicyclic) bond motifs is 1. The van der Waals surface area contributed by atoms with Crippen molar-refractivity contribution in [3.8, 4) is 0 Å². The predicted octanol–water partition coefficient (Wildman–Crippen LogP) is 2.98. The van der Waals surface area contributed by atoms with E-state index in [0.717, 1.165) is 36.4 Å². The molecule has 1 aromatic heterocycles. The number of nitrogens with one attached hydrogen (secondary N) is 2. The molecular formula is C21H24N4O2S. The van der Waals surface area contributed by atoms with Gasteiger partial charge in [-0.05, 0) is 42.3 Å². The highest BCUT2D eigenvalue weighted by atomic mass is 32.2. The molecule has 7 heteroatoms. The Morgan fingerprint density at radius 2 is 2.00 bits per heavy atom. The number of thioether (sulfide) groups is 1. The molecule has 2 heterocycles. The Labute approximate surface area is 167 Å². The number of hydrogen-bond acceptors (Lipinski definition) is 4. The van der Waals surface area contributed by atoms with Gasteiger partial charge in [0.1, 0.15) is 0 Å². The minimum absolute atomic E-state index is 0.176. The van der Waals surface area contributed by atoms with Crippen LogP contribution in [-0.2, 0) is 13.6 Å². The summed E-state index contributed by atoms with van der Waals surface area (Å²) in [6.45, 7) is 5.18. The van der Waals surface area contributed by atoms with E-state index in [1.54, 1.807) is 25.2 Å². The van der Waals surface area contributed by atoms with Gasteiger partial charge in [-0.25, -0.2) is 4.79 Å². The van der Waals surface area contributed by atoms with E-state index in [4.69, 9.17) is 0 Å². The van der Waals surface area contributed by atoms with Gasteiger partial charge in [0.2, 0.25) is 0 Å². The van der Waals surface area contributed by atoms with Crippen molar-refractivity contribution in [1.29, 1.82) is 0 Å². The zero-order valence-corrected chi connectivity index (χ0v) is 16.9. The Morgan fingerprint density at radius 3 is 2.79 bits per heavy atom. The van der Waals surface area contributed by atoms with Crippen LogP contribution in [0.5, 0.6) is 0 Å². The number of amides is 1. The van der Waals surface area contributed by atoms with E-state index in [9.17, 15) is 9.59 Å². The zero-order valence-electron chi connectivity index (χ0n) is 16.1.